The molecule has 0 bridgehead atoms. The lowest BCUT2D eigenvalue weighted by Crippen LogP contribution is -2.45. The van der Waals surface area contributed by atoms with Gasteiger partial charge in [0.1, 0.15) is 12.6 Å². The highest BCUT2D eigenvalue weighted by Crippen LogP contribution is 2.10. The molecule has 1 atom stereocenters. The van der Waals surface area contributed by atoms with Crippen LogP contribution < -0.4 is 11.1 Å². The Kier molecular flexibility index (Phi) is 5.92. The van der Waals surface area contributed by atoms with E-state index >= 15 is 0 Å². The number of hydrogen-bond acceptors (Lipinski definition) is 4. The molecule has 0 heterocycles. The normalized spacial score (nSPS) is 11.1. The number of carbonyl (C=O) groups is 2. The largest absolute Gasteiger partial charge is 0.459 e. The average Bonchev–Trinajstić information content (AvgIpc) is 2.60. The summed E-state index contributed by atoms with van der Waals surface area (Å²) in [5, 5.41) is 11.4. The van der Waals surface area contributed by atoms with Crippen LogP contribution in [0, 0.1) is 11.3 Å². The van der Waals surface area contributed by atoms with E-state index in [0.29, 0.717) is 11.1 Å². The highest BCUT2D eigenvalue weighted by molar-refractivity contribution is 5.83. The zero-order chi connectivity index (χ0) is 17.4. The summed E-state index contributed by atoms with van der Waals surface area (Å²) in [6.45, 7) is -0.0473. The lowest BCUT2D eigenvalue weighted by Gasteiger charge is -2.17. The Morgan fingerprint density at radius 1 is 1.12 bits per heavy atom. The topological polar surface area (TPSA) is 105 Å². The first-order valence-corrected chi connectivity index (χ1v) is 7.34. The molecule has 0 aliphatic carbocycles. The number of amides is 2. The van der Waals surface area contributed by atoms with Gasteiger partial charge in [0.2, 0.25) is 0 Å². The van der Waals surface area contributed by atoms with E-state index in [4.69, 9.17) is 15.7 Å². The SMILES string of the molecule is N#Cc1ccccc1COC(=O)[C@H](Cc1ccccc1)NC(N)=O. The van der Waals surface area contributed by atoms with Crippen LogP contribution in [0.25, 0.3) is 0 Å². The minimum atomic E-state index is -0.890. The maximum absolute atomic E-state index is 12.3. The third-order valence-corrected chi connectivity index (χ3v) is 3.39. The number of hydrogen-bond donors (Lipinski definition) is 2. The molecule has 0 aliphatic heterocycles. The lowest BCUT2D eigenvalue weighted by atomic mass is 10.1. The third kappa shape index (κ3) is 4.85. The molecule has 0 aromatic heterocycles. The number of carbonyl (C=O) groups excluding carboxylic acids is 2. The predicted octanol–water partition coefficient (Wildman–Crippen LogP) is 1.88. The van der Waals surface area contributed by atoms with Crippen molar-refractivity contribution in [1.29, 1.82) is 5.26 Å². The summed E-state index contributed by atoms with van der Waals surface area (Å²) in [5.74, 6) is -0.606. The molecule has 0 radical (unpaired) electrons. The summed E-state index contributed by atoms with van der Waals surface area (Å²) < 4.78 is 5.25. The first kappa shape index (κ1) is 17.0. The number of nitrogens with two attached hydrogens (primary N) is 1. The molecule has 2 aromatic rings. The summed E-state index contributed by atoms with van der Waals surface area (Å²) in [5.41, 5.74) is 7.04. The van der Waals surface area contributed by atoms with Crippen molar-refractivity contribution >= 4 is 12.0 Å². The van der Waals surface area contributed by atoms with Crippen LogP contribution in [0.1, 0.15) is 16.7 Å². The molecule has 3 N–H and O–H groups in total. The molecule has 2 rings (SSSR count). The Morgan fingerprint density at radius 2 is 1.79 bits per heavy atom. The zero-order valence-electron chi connectivity index (χ0n) is 12.9. The standard InChI is InChI=1S/C18H17N3O3/c19-11-14-8-4-5-9-15(14)12-24-17(22)16(21-18(20)23)10-13-6-2-1-3-7-13/h1-9,16H,10,12H2,(H3,20,21,23)/t16-/m0/s1. The van der Waals surface area contributed by atoms with Crippen molar-refractivity contribution in [1.82, 2.24) is 5.32 Å². The smallest absolute Gasteiger partial charge is 0.329 e. The van der Waals surface area contributed by atoms with Crippen molar-refractivity contribution < 1.29 is 14.3 Å². The molecular weight excluding hydrogens is 306 g/mol. The van der Waals surface area contributed by atoms with Crippen LogP contribution in [-0.4, -0.2) is 18.0 Å². The quantitative estimate of drug-likeness (QED) is 0.792. The van der Waals surface area contributed by atoms with Gasteiger partial charge in [0.05, 0.1) is 11.6 Å². The van der Waals surface area contributed by atoms with Gasteiger partial charge in [0, 0.05) is 12.0 Å². The number of nitriles is 1. The number of benzene rings is 2. The fraction of sp³-hybridized carbons (Fsp3) is 0.167. The molecule has 6 heteroatoms. The van der Waals surface area contributed by atoms with E-state index in [2.05, 4.69) is 5.32 Å². The molecule has 122 valence electrons. The van der Waals surface area contributed by atoms with E-state index in [1.54, 1.807) is 24.3 Å². The van der Waals surface area contributed by atoms with E-state index < -0.39 is 18.0 Å². The second kappa shape index (κ2) is 8.34. The van der Waals surface area contributed by atoms with E-state index in [0.717, 1.165) is 5.56 Å². The summed E-state index contributed by atoms with van der Waals surface area (Å²) in [4.78, 5) is 23.4. The fourth-order valence-corrected chi connectivity index (χ4v) is 2.22. The first-order valence-electron chi connectivity index (χ1n) is 7.34. The van der Waals surface area contributed by atoms with Crippen LogP contribution in [0.5, 0.6) is 0 Å². The van der Waals surface area contributed by atoms with Crippen molar-refractivity contribution in [2.75, 3.05) is 0 Å². The number of nitrogens with zero attached hydrogens (tertiary/aromatic N) is 1. The fourth-order valence-electron chi connectivity index (χ4n) is 2.22. The number of nitrogens with one attached hydrogen (secondary N) is 1. The Morgan fingerprint density at radius 3 is 2.46 bits per heavy atom. The van der Waals surface area contributed by atoms with Gasteiger partial charge in [-0.1, -0.05) is 48.5 Å². The highest BCUT2D eigenvalue weighted by atomic mass is 16.5. The van der Waals surface area contributed by atoms with Crippen LogP contribution in [0.3, 0.4) is 0 Å². The molecule has 2 aromatic carbocycles. The molecule has 2 amide bonds. The Hall–Kier alpha value is -3.33. The Balaban J connectivity index is 2.05. The summed E-state index contributed by atoms with van der Waals surface area (Å²) in [6.07, 6.45) is 0.266. The third-order valence-electron chi connectivity index (χ3n) is 3.39. The number of ether oxygens (including phenoxy) is 1. The summed E-state index contributed by atoms with van der Waals surface area (Å²) in [7, 11) is 0. The molecule has 0 spiro atoms. The van der Waals surface area contributed by atoms with E-state index in [1.165, 1.54) is 0 Å². The Labute approximate surface area is 139 Å². The minimum absolute atomic E-state index is 0.0473. The molecule has 0 saturated heterocycles. The van der Waals surface area contributed by atoms with E-state index in [9.17, 15) is 9.59 Å². The zero-order valence-corrected chi connectivity index (χ0v) is 12.9. The second-order valence-electron chi connectivity index (χ2n) is 5.13. The van der Waals surface area contributed by atoms with Crippen molar-refractivity contribution in [3.05, 3.63) is 71.3 Å². The van der Waals surface area contributed by atoms with Crippen LogP contribution in [-0.2, 0) is 22.6 Å². The van der Waals surface area contributed by atoms with Crippen molar-refractivity contribution in [3.63, 3.8) is 0 Å². The summed E-state index contributed by atoms with van der Waals surface area (Å²) >= 11 is 0. The molecule has 6 nitrogen and oxygen atoms in total. The van der Waals surface area contributed by atoms with Gasteiger partial charge in [-0.25, -0.2) is 9.59 Å². The van der Waals surface area contributed by atoms with Crippen molar-refractivity contribution in [2.24, 2.45) is 5.73 Å². The van der Waals surface area contributed by atoms with Gasteiger partial charge in [-0.05, 0) is 11.6 Å². The van der Waals surface area contributed by atoms with Gasteiger partial charge in [-0.15, -0.1) is 0 Å². The summed E-state index contributed by atoms with van der Waals surface area (Å²) in [6, 6.07) is 16.4. The van der Waals surface area contributed by atoms with Crippen LogP contribution >= 0.6 is 0 Å². The number of esters is 1. The molecular formula is C18H17N3O3. The average molecular weight is 323 g/mol. The molecule has 24 heavy (non-hydrogen) atoms. The molecule has 0 aliphatic rings. The van der Waals surface area contributed by atoms with Gasteiger partial charge in [-0.3, -0.25) is 0 Å². The van der Waals surface area contributed by atoms with Crippen LogP contribution in [0.15, 0.2) is 54.6 Å². The molecule has 0 fully saturated rings. The Bertz CT molecular complexity index is 754. The number of primary amides is 1. The lowest BCUT2D eigenvalue weighted by molar-refractivity contribution is -0.147. The maximum atomic E-state index is 12.3. The van der Waals surface area contributed by atoms with Crippen molar-refractivity contribution in [3.8, 4) is 6.07 Å². The second-order valence-corrected chi connectivity index (χ2v) is 5.13. The highest BCUT2D eigenvalue weighted by Gasteiger charge is 2.22. The van der Waals surface area contributed by atoms with Gasteiger partial charge < -0.3 is 15.8 Å². The van der Waals surface area contributed by atoms with Crippen LogP contribution in [0.4, 0.5) is 4.79 Å². The van der Waals surface area contributed by atoms with Gasteiger partial charge in [0.25, 0.3) is 0 Å². The molecule has 0 unspecified atom stereocenters. The predicted molar refractivity (Wildman–Crippen MR) is 87.6 cm³/mol. The number of rotatable bonds is 6. The van der Waals surface area contributed by atoms with E-state index in [-0.39, 0.29) is 13.0 Å². The first-order chi connectivity index (χ1) is 11.6. The number of urea groups is 1. The van der Waals surface area contributed by atoms with Gasteiger partial charge >= 0.3 is 12.0 Å². The van der Waals surface area contributed by atoms with Crippen molar-refractivity contribution in [2.45, 2.75) is 19.1 Å². The monoisotopic (exact) mass is 323 g/mol. The maximum Gasteiger partial charge on any atom is 0.329 e. The molecule has 0 saturated carbocycles. The van der Waals surface area contributed by atoms with Crippen LogP contribution in [0.2, 0.25) is 0 Å². The van der Waals surface area contributed by atoms with E-state index in [1.807, 2.05) is 36.4 Å². The van der Waals surface area contributed by atoms with Gasteiger partial charge in [0.15, 0.2) is 0 Å². The van der Waals surface area contributed by atoms with Gasteiger partial charge in [-0.2, -0.15) is 5.26 Å². The minimum Gasteiger partial charge on any atom is -0.459 e.